The summed E-state index contributed by atoms with van der Waals surface area (Å²) >= 11 is 0. The van der Waals surface area contributed by atoms with Crippen LogP contribution in [-0.4, -0.2) is 24.0 Å². The minimum Gasteiger partial charge on any atom is -0.352 e. The molecule has 0 aromatic carbocycles. The molecular weight excluding hydrogens is 200 g/mol. The van der Waals surface area contributed by atoms with Gasteiger partial charge in [-0.1, -0.05) is 20.3 Å². The SMILES string of the molecule is CCCC(CC)NC(=O)C1CCCC(C)N1. The maximum atomic E-state index is 12.0. The summed E-state index contributed by atoms with van der Waals surface area (Å²) < 4.78 is 0. The van der Waals surface area contributed by atoms with Crippen LogP contribution in [0.1, 0.15) is 59.3 Å². The number of carbonyl (C=O) groups excluding carboxylic acids is 1. The van der Waals surface area contributed by atoms with Crippen molar-refractivity contribution >= 4 is 5.91 Å². The van der Waals surface area contributed by atoms with Gasteiger partial charge in [-0.3, -0.25) is 4.79 Å². The van der Waals surface area contributed by atoms with Crippen LogP contribution in [-0.2, 0) is 4.79 Å². The van der Waals surface area contributed by atoms with E-state index in [-0.39, 0.29) is 11.9 Å². The molecule has 0 aromatic heterocycles. The Hall–Kier alpha value is -0.570. The number of amides is 1. The van der Waals surface area contributed by atoms with E-state index in [9.17, 15) is 4.79 Å². The average Bonchev–Trinajstić information content (AvgIpc) is 2.28. The Morgan fingerprint density at radius 1 is 1.44 bits per heavy atom. The first-order valence-electron chi connectivity index (χ1n) is 6.73. The third-order valence-electron chi connectivity index (χ3n) is 3.41. The molecule has 1 saturated heterocycles. The van der Waals surface area contributed by atoms with Gasteiger partial charge in [-0.15, -0.1) is 0 Å². The molecule has 1 amide bonds. The number of nitrogens with one attached hydrogen (secondary N) is 2. The van der Waals surface area contributed by atoms with Gasteiger partial charge in [0, 0.05) is 12.1 Å². The molecule has 3 nitrogen and oxygen atoms in total. The second kappa shape index (κ2) is 6.89. The van der Waals surface area contributed by atoms with Crippen LogP contribution >= 0.6 is 0 Å². The molecule has 0 saturated carbocycles. The lowest BCUT2D eigenvalue weighted by atomic mass is 9.98. The van der Waals surface area contributed by atoms with Gasteiger partial charge in [0.1, 0.15) is 0 Å². The first-order valence-corrected chi connectivity index (χ1v) is 6.73. The second-order valence-electron chi connectivity index (χ2n) is 4.95. The fourth-order valence-electron chi connectivity index (χ4n) is 2.37. The predicted molar refractivity (Wildman–Crippen MR) is 67.4 cm³/mol. The Bertz CT molecular complexity index is 218. The lowest BCUT2D eigenvalue weighted by molar-refractivity contribution is -0.124. The van der Waals surface area contributed by atoms with E-state index in [1.807, 2.05) is 0 Å². The van der Waals surface area contributed by atoms with Crippen molar-refractivity contribution in [2.45, 2.75) is 77.4 Å². The highest BCUT2D eigenvalue weighted by atomic mass is 16.2. The summed E-state index contributed by atoms with van der Waals surface area (Å²) in [5, 5.41) is 6.53. The third kappa shape index (κ3) is 4.12. The molecule has 0 aromatic rings. The van der Waals surface area contributed by atoms with Gasteiger partial charge in [0.2, 0.25) is 5.91 Å². The number of hydrogen-bond donors (Lipinski definition) is 2. The van der Waals surface area contributed by atoms with Crippen LogP contribution in [0.4, 0.5) is 0 Å². The summed E-state index contributed by atoms with van der Waals surface area (Å²) in [5.41, 5.74) is 0. The van der Waals surface area contributed by atoms with Crippen LogP contribution in [0, 0.1) is 0 Å². The molecule has 2 N–H and O–H groups in total. The molecule has 3 heteroatoms. The largest absolute Gasteiger partial charge is 0.352 e. The van der Waals surface area contributed by atoms with Gasteiger partial charge < -0.3 is 10.6 Å². The topological polar surface area (TPSA) is 41.1 Å². The highest BCUT2D eigenvalue weighted by molar-refractivity contribution is 5.82. The van der Waals surface area contributed by atoms with Crippen LogP contribution in [0.5, 0.6) is 0 Å². The molecule has 0 aliphatic carbocycles. The highest BCUT2D eigenvalue weighted by Gasteiger charge is 2.25. The van der Waals surface area contributed by atoms with Gasteiger partial charge in [0.05, 0.1) is 6.04 Å². The van der Waals surface area contributed by atoms with Crippen LogP contribution in [0.15, 0.2) is 0 Å². The van der Waals surface area contributed by atoms with Crippen LogP contribution in [0.3, 0.4) is 0 Å². The van der Waals surface area contributed by atoms with Crippen LogP contribution in [0.25, 0.3) is 0 Å². The van der Waals surface area contributed by atoms with E-state index < -0.39 is 0 Å². The van der Waals surface area contributed by atoms with Crippen molar-refractivity contribution in [1.29, 1.82) is 0 Å². The molecule has 1 heterocycles. The summed E-state index contributed by atoms with van der Waals surface area (Å²) in [6.07, 6.45) is 6.59. The van der Waals surface area contributed by atoms with E-state index in [1.54, 1.807) is 0 Å². The number of piperidine rings is 1. The van der Waals surface area contributed by atoms with Crippen molar-refractivity contribution in [3.05, 3.63) is 0 Å². The molecule has 0 spiro atoms. The van der Waals surface area contributed by atoms with E-state index in [0.717, 1.165) is 32.1 Å². The van der Waals surface area contributed by atoms with E-state index in [0.29, 0.717) is 12.1 Å². The Labute approximate surface area is 99.4 Å². The van der Waals surface area contributed by atoms with Gasteiger partial charge in [-0.05, 0) is 39.0 Å². The molecule has 0 radical (unpaired) electrons. The van der Waals surface area contributed by atoms with Gasteiger partial charge in [0.25, 0.3) is 0 Å². The monoisotopic (exact) mass is 226 g/mol. The molecule has 0 bridgehead atoms. The van der Waals surface area contributed by atoms with E-state index >= 15 is 0 Å². The normalized spacial score (nSPS) is 27.4. The number of rotatable bonds is 5. The fraction of sp³-hybridized carbons (Fsp3) is 0.923. The average molecular weight is 226 g/mol. The number of hydrogen-bond acceptors (Lipinski definition) is 2. The standard InChI is InChI=1S/C13H26N2O/c1-4-7-11(5-2)15-13(16)12-9-6-8-10(3)14-12/h10-12,14H,4-9H2,1-3H3,(H,15,16). The van der Waals surface area contributed by atoms with Gasteiger partial charge in [-0.25, -0.2) is 0 Å². The Morgan fingerprint density at radius 3 is 2.75 bits per heavy atom. The summed E-state index contributed by atoms with van der Waals surface area (Å²) in [6.45, 7) is 6.45. The Morgan fingerprint density at radius 2 is 2.19 bits per heavy atom. The van der Waals surface area contributed by atoms with Crippen molar-refractivity contribution < 1.29 is 4.79 Å². The maximum Gasteiger partial charge on any atom is 0.237 e. The van der Waals surface area contributed by atoms with E-state index in [1.165, 1.54) is 6.42 Å². The summed E-state index contributed by atoms with van der Waals surface area (Å²) in [4.78, 5) is 12.0. The van der Waals surface area contributed by atoms with Gasteiger partial charge >= 0.3 is 0 Å². The van der Waals surface area contributed by atoms with Crippen molar-refractivity contribution in [3.8, 4) is 0 Å². The smallest absolute Gasteiger partial charge is 0.237 e. The van der Waals surface area contributed by atoms with Gasteiger partial charge in [-0.2, -0.15) is 0 Å². The molecule has 3 atom stereocenters. The third-order valence-corrected chi connectivity index (χ3v) is 3.41. The van der Waals surface area contributed by atoms with Gasteiger partial charge in [0.15, 0.2) is 0 Å². The molecule has 1 aliphatic heterocycles. The zero-order valence-electron chi connectivity index (χ0n) is 10.9. The fourth-order valence-corrected chi connectivity index (χ4v) is 2.37. The second-order valence-corrected chi connectivity index (χ2v) is 4.95. The minimum atomic E-state index is 0.0367. The van der Waals surface area contributed by atoms with Crippen LogP contribution in [0.2, 0.25) is 0 Å². The van der Waals surface area contributed by atoms with Crippen molar-refractivity contribution in [1.82, 2.24) is 10.6 Å². The molecule has 1 fully saturated rings. The van der Waals surface area contributed by atoms with E-state index in [2.05, 4.69) is 31.4 Å². The predicted octanol–water partition coefficient (Wildman–Crippen LogP) is 2.21. The summed E-state index contributed by atoms with van der Waals surface area (Å²) in [5.74, 6) is 0.201. The first-order chi connectivity index (χ1) is 7.67. The molecule has 16 heavy (non-hydrogen) atoms. The zero-order chi connectivity index (χ0) is 12.0. The lowest BCUT2D eigenvalue weighted by Gasteiger charge is -2.29. The molecular formula is C13H26N2O. The lowest BCUT2D eigenvalue weighted by Crippen LogP contribution is -2.52. The van der Waals surface area contributed by atoms with E-state index in [4.69, 9.17) is 0 Å². The Balaban J connectivity index is 2.37. The van der Waals surface area contributed by atoms with Crippen molar-refractivity contribution in [2.24, 2.45) is 0 Å². The maximum absolute atomic E-state index is 12.0. The van der Waals surface area contributed by atoms with Crippen LogP contribution < -0.4 is 10.6 Å². The zero-order valence-corrected chi connectivity index (χ0v) is 10.9. The highest BCUT2D eigenvalue weighted by Crippen LogP contribution is 2.13. The Kier molecular flexibility index (Phi) is 5.81. The van der Waals surface area contributed by atoms with Crippen molar-refractivity contribution in [3.63, 3.8) is 0 Å². The molecule has 1 rings (SSSR count). The molecule has 3 unspecified atom stereocenters. The quantitative estimate of drug-likeness (QED) is 0.754. The minimum absolute atomic E-state index is 0.0367. The summed E-state index contributed by atoms with van der Waals surface area (Å²) in [6, 6.07) is 0.877. The first kappa shape index (κ1) is 13.5. The molecule has 94 valence electrons. The molecule has 1 aliphatic rings. The number of carbonyl (C=O) groups is 1. The van der Waals surface area contributed by atoms with Crippen molar-refractivity contribution in [2.75, 3.05) is 0 Å². The summed E-state index contributed by atoms with van der Waals surface area (Å²) in [7, 11) is 0.